The third-order valence-corrected chi connectivity index (χ3v) is 6.26. The summed E-state index contributed by atoms with van der Waals surface area (Å²) >= 11 is 0. The van der Waals surface area contributed by atoms with Gasteiger partial charge in [-0.05, 0) is 35.4 Å². The van der Waals surface area contributed by atoms with Crippen molar-refractivity contribution in [1.82, 2.24) is 14.1 Å². The summed E-state index contributed by atoms with van der Waals surface area (Å²) in [5, 5.41) is 20.5. The van der Waals surface area contributed by atoms with Gasteiger partial charge in [0.25, 0.3) is 5.56 Å². The van der Waals surface area contributed by atoms with Crippen molar-refractivity contribution in [2.45, 2.75) is 37.3 Å². The van der Waals surface area contributed by atoms with Crippen molar-refractivity contribution in [3.8, 4) is 11.1 Å². The molecular weight excluding hydrogens is 538 g/mol. The van der Waals surface area contributed by atoms with Gasteiger partial charge in [0, 0.05) is 18.5 Å². The van der Waals surface area contributed by atoms with Crippen LogP contribution in [-0.4, -0.2) is 59.0 Å². The van der Waals surface area contributed by atoms with Gasteiger partial charge in [-0.3, -0.25) is 23.4 Å². The summed E-state index contributed by atoms with van der Waals surface area (Å²) in [5.74, 6) is 0. The summed E-state index contributed by atoms with van der Waals surface area (Å²) in [5.41, 5.74) is -1.82. The summed E-state index contributed by atoms with van der Waals surface area (Å²) in [4.78, 5) is 47.4. The van der Waals surface area contributed by atoms with Gasteiger partial charge in [-0.2, -0.15) is 13.2 Å². The first-order valence-electron chi connectivity index (χ1n) is 10.9. The Balaban J connectivity index is 1.61. The zero-order valence-corrected chi connectivity index (χ0v) is 20.1. The lowest BCUT2D eigenvalue weighted by atomic mass is 10.0. The number of hydrogen-bond donors (Lipinski definition) is 4. The number of hydrogen-bond acceptors (Lipinski definition) is 8. The van der Waals surface area contributed by atoms with E-state index in [1.54, 1.807) is 0 Å². The number of benzene rings is 1. The number of nitrogens with zero attached hydrogens (tertiary/aromatic N) is 3. The molecule has 2 aromatic heterocycles. The second-order valence-electron chi connectivity index (χ2n) is 8.38. The minimum Gasteiger partial charge on any atom is -0.387 e. The fourth-order valence-corrected chi connectivity index (χ4v) is 4.26. The minimum absolute atomic E-state index is 0.165. The first kappa shape index (κ1) is 27.9. The number of rotatable bonds is 7. The van der Waals surface area contributed by atoms with Crippen LogP contribution in [-0.2, 0) is 26.5 Å². The number of phosphoric acid groups is 1. The Kier molecular flexibility index (Phi) is 7.72. The lowest BCUT2D eigenvalue weighted by Crippen LogP contribution is -2.43. The van der Waals surface area contributed by atoms with Crippen LogP contribution in [0.5, 0.6) is 0 Å². The van der Waals surface area contributed by atoms with Crippen LogP contribution in [0, 0.1) is 0 Å². The van der Waals surface area contributed by atoms with Gasteiger partial charge in [-0.25, -0.2) is 9.36 Å². The standard InChI is InChI=1S/C22H21F3N3O9P/c23-22(24,25)14-3-1-2-12(8-14)13-4-6-26-15(9-13)10-28-17(29)5-7-27(21(28)32)20-19(31)18(30)16(37-20)11-36-38(33,34)35/h1-9,16,18-20,30-31H,10-11H2,(H2,33,34,35)/t16-,18+,19?,20-/m1/s1. The van der Waals surface area contributed by atoms with Gasteiger partial charge < -0.3 is 24.7 Å². The molecule has 1 unspecified atom stereocenters. The van der Waals surface area contributed by atoms with Gasteiger partial charge in [-0.1, -0.05) is 12.1 Å². The predicted molar refractivity (Wildman–Crippen MR) is 123 cm³/mol. The number of aliphatic hydroxyl groups is 2. The first-order valence-corrected chi connectivity index (χ1v) is 12.4. The normalized spacial score (nSPS) is 22.1. The molecule has 0 saturated carbocycles. The maximum Gasteiger partial charge on any atom is 0.469 e. The highest BCUT2D eigenvalue weighted by atomic mass is 31.2. The second-order valence-corrected chi connectivity index (χ2v) is 9.62. The SMILES string of the molecule is O=c1ccn([C@@H]2O[C@H](COP(=O)(O)O)[C@H](O)C2O)c(=O)n1Cc1cc(-c2cccc(C(F)(F)F)c2)ccn1. The van der Waals surface area contributed by atoms with E-state index in [4.69, 9.17) is 14.5 Å². The van der Waals surface area contributed by atoms with Crippen LogP contribution < -0.4 is 11.2 Å². The highest BCUT2D eigenvalue weighted by Gasteiger charge is 2.45. The van der Waals surface area contributed by atoms with E-state index in [-0.39, 0.29) is 17.8 Å². The van der Waals surface area contributed by atoms with Crippen LogP contribution in [0.25, 0.3) is 11.1 Å². The Bertz CT molecular complexity index is 1490. The first-order chi connectivity index (χ1) is 17.7. The van der Waals surface area contributed by atoms with Gasteiger partial charge in [0.2, 0.25) is 0 Å². The molecule has 38 heavy (non-hydrogen) atoms. The fraction of sp³-hybridized carbons (Fsp3) is 0.318. The number of phosphoric ester groups is 1. The summed E-state index contributed by atoms with van der Waals surface area (Å²) in [6.45, 7) is -1.18. The topological polar surface area (TPSA) is 173 Å². The van der Waals surface area contributed by atoms with Crippen LogP contribution in [0.3, 0.4) is 0 Å². The Labute approximate surface area is 211 Å². The molecule has 1 aliphatic rings. The van der Waals surface area contributed by atoms with E-state index in [0.29, 0.717) is 5.56 Å². The molecule has 4 N–H and O–H groups in total. The maximum atomic E-state index is 13.1. The number of pyridine rings is 1. The van der Waals surface area contributed by atoms with Crippen molar-refractivity contribution < 1.29 is 47.0 Å². The number of alkyl halides is 3. The van der Waals surface area contributed by atoms with E-state index in [2.05, 4.69) is 9.51 Å². The molecule has 16 heteroatoms. The molecule has 4 atom stereocenters. The Morgan fingerprint density at radius 1 is 1.05 bits per heavy atom. The molecule has 1 saturated heterocycles. The average molecular weight is 559 g/mol. The van der Waals surface area contributed by atoms with Crippen LogP contribution in [0.4, 0.5) is 13.2 Å². The Morgan fingerprint density at radius 3 is 2.45 bits per heavy atom. The van der Waals surface area contributed by atoms with E-state index in [9.17, 15) is 37.5 Å². The van der Waals surface area contributed by atoms with Crippen molar-refractivity contribution >= 4 is 7.82 Å². The molecule has 1 aromatic carbocycles. The molecule has 0 bridgehead atoms. The van der Waals surface area contributed by atoms with Crippen LogP contribution >= 0.6 is 7.82 Å². The van der Waals surface area contributed by atoms with Gasteiger partial charge in [-0.15, -0.1) is 0 Å². The second kappa shape index (κ2) is 10.5. The molecule has 1 aliphatic heterocycles. The third kappa shape index (κ3) is 6.10. The van der Waals surface area contributed by atoms with E-state index in [1.165, 1.54) is 30.5 Å². The summed E-state index contributed by atoms with van der Waals surface area (Å²) < 4.78 is 61.5. The number of aliphatic hydroxyl groups excluding tert-OH is 2. The highest BCUT2D eigenvalue weighted by molar-refractivity contribution is 7.46. The number of aromatic nitrogens is 3. The third-order valence-electron chi connectivity index (χ3n) is 5.77. The zero-order valence-electron chi connectivity index (χ0n) is 19.2. The van der Waals surface area contributed by atoms with Crippen molar-refractivity contribution in [3.05, 3.63) is 87.0 Å². The molecule has 1 fully saturated rings. The van der Waals surface area contributed by atoms with E-state index >= 15 is 0 Å². The number of halogens is 3. The lowest BCUT2D eigenvalue weighted by molar-refractivity contribution is -0.137. The van der Waals surface area contributed by atoms with E-state index in [1.807, 2.05) is 0 Å². The molecule has 0 amide bonds. The summed E-state index contributed by atoms with van der Waals surface area (Å²) in [7, 11) is -4.91. The highest BCUT2D eigenvalue weighted by Crippen LogP contribution is 2.38. The van der Waals surface area contributed by atoms with Gasteiger partial charge in [0.15, 0.2) is 6.23 Å². The summed E-state index contributed by atoms with van der Waals surface area (Å²) in [6, 6.07) is 8.47. The predicted octanol–water partition coefficient (Wildman–Crippen LogP) is 0.868. The fourth-order valence-electron chi connectivity index (χ4n) is 3.92. The molecule has 12 nitrogen and oxygen atoms in total. The van der Waals surface area contributed by atoms with Crippen molar-refractivity contribution in [2.24, 2.45) is 0 Å². The average Bonchev–Trinajstić information content (AvgIpc) is 3.13. The maximum absolute atomic E-state index is 13.1. The molecule has 4 rings (SSSR count). The largest absolute Gasteiger partial charge is 0.469 e. The van der Waals surface area contributed by atoms with Crippen LogP contribution in [0.2, 0.25) is 0 Å². The van der Waals surface area contributed by atoms with Gasteiger partial charge in [0.1, 0.15) is 18.3 Å². The Hall–Kier alpha value is -3.17. The molecule has 204 valence electrons. The monoisotopic (exact) mass is 559 g/mol. The summed E-state index contributed by atoms with van der Waals surface area (Å²) in [6.07, 6.45) is -8.55. The quantitative estimate of drug-likeness (QED) is 0.304. The molecule has 3 aromatic rings. The van der Waals surface area contributed by atoms with E-state index in [0.717, 1.165) is 33.5 Å². The Morgan fingerprint density at radius 2 is 1.76 bits per heavy atom. The smallest absolute Gasteiger partial charge is 0.387 e. The molecule has 0 aliphatic carbocycles. The molecule has 0 radical (unpaired) electrons. The minimum atomic E-state index is -4.91. The van der Waals surface area contributed by atoms with Crippen molar-refractivity contribution in [1.29, 1.82) is 0 Å². The van der Waals surface area contributed by atoms with E-state index < -0.39 is 62.0 Å². The molecule has 0 spiro atoms. The van der Waals surface area contributed by atoms with Crippen LogP contribution in [0.15, 0.2) is 64.4 Å². The van der Waals surface area contributed by atoms with Crippen molar-refractivity contribution in [2.75, 3.05) is 6.61 Å². The van der Waals surface area contributed by atoms with Crippen molar-refractivity contribution in [3.63, 3.8) is 0 Å². The van der Waals surface area contributed by atoms with Gasteiger partial charge >= 0.3 is 19.7 Å². The lowest BCUT2D eigenvalue weighted by Gasteiger charge is -2.19. The molecule has 3 heterocycles. The van der Waals surface area contributed by atoms with Gasteiger partial charge in [0.05, 0.1) is 24.4 Å². The van der Waals surface area contributed by atoms with Crippen LogP contribution in [0.1, 0.15) is 17.5 Å². The number of ether oxygens (including phenoxy) is 1. The molecular formula is C22H21F3N3O9P. The zero-order chi connectivity index (χ0) is 27.8.